The van der Waals surface area contributed by atoms with E-state index >= 15 is 0 Å². The molecule has 0 aliphatic carbocycles. The van der Waals surface area contributed by atoms with Crippen molar-refractivity contribution in [3.8, 4) is 5.75 Å². The normalized spacial score (nSPS) is 10.1. The van der Waals surface area contributed by atoms with Crippen molar-refractivity contribution >= 4 is 35.2 Å². The van der Waals surface area contributed by atoms with Crippen molar-refractivity contribution in [2.24, 2.45) is 0 Å². The second-order valence-corrected chi connectivity index (χ2v) is 6.64. The van der Waals surface area contributed by atoms with E-state index in [1.807, 2.05) is 13.0 Å². The van der Waals surface area contributed by atoms with Crippen molar-refractivity contribution in [2.75, 3.05) is 24.7 Å². The number of aromatic carboxylic acids is 1. The molecule has 0 aromatic heterocycles. The number of benzene rings is 2. The van der Waals surface area contributed by atoms with Crippen molar-refractivity contribution in [3.05, 3.63) is 53.6 Å². The molecule has 0 saturated heterocycles. The number of carbonyl (C=O) groups excluding carboxylic acids is 2. The molecule has 8 heteroatoms. The lowest BCUT2D eigenvalue weighted by Crippen LogP contribution is -2.34. The first-order valence-corrected chi connectivity index (χ1v) is 9.05. The van der Waals surface area contributed by atoms with Crippen LogP contribution in [0.1, 0.15) is 15.9 Å². The highest BCUT2D eigenvalue weighted by Crippen LogP contribution is 2.25. The molecular formula is C19H20N2O5S. The molecule has 0 fully saturated rings. The van der Waals surface area contributed by atoms with E-state index in [-0.39, 0.29) is 29.7 Å². The predicted molar refractivity (Wildman–Crippen MR) is 103 cm³/mol. The van der Waals surface area contributed by atoms with E-state index in [9.17, 15) is 14.4 Å². The summed E-state index contributed by atoms with van der Waals surface area (Å²) >= 11 is 1.10. The molecular weight excluding hydrogens is 368 g/mol. The van der Waals surface area contributed by atoms with Gasteiger partial charge in [0.1, 0.15) is 5.75 Å². The monoisotopic (exact) mass is 388 g/mol. The molecule has 0 unspecified atom stereocenters. The SMILES string of the molecule is COc1ccc(C)cc1NC(=O)CNC(=O)CSc1ccccc1C(=O)O. The molecule has 27 heavy (non-hydrogen) atoms. The van der Waals surface area contributed by atoms with Gasteiger partial charge in [0.15, 0.2) is 0 Å². The van der Waals surface area contributed by atoms with Gasteiger partial charge < -0.3 is 20.5 Å². The Labute approximate surface area is 161 Å². The van der Waals surface area contributed by atoms with E-state index in [4.69, 9.17) is 9.84 Å². The van der Waals surface area contributed by atoms with Crippen molar-refractivity contribution in [1.82, 2.24) is 5.32 Å². The number of hydrogen-bond donors (Lipinski definition) is 3. The summed E-state index contributed by atoms with van der Waals surface area (Å²) in [7, 11) is 1.51. The molecule has 2 aromatic rings. The van der Waals surface area contributed by atoms with Gasteiger partial charge in [0, 0.05) is 4.90 Å². The van der Waals surface area contributed by atoms with Gasteiger partial charge in [-0.1, -0.05) is 18.2 Å². The number of amides is 2. The quantitative estimate of drug-likeness (QED) is 0.601. The summed E-state index contributed by atoms with van der Waals surface area (Å²) in [6.07, 6.45) is 0. The topological polar surface area (TPSA) is 105 Å². The number of anilines is 1. The highest BCUT2D eigenvalue weighted by molar-refractivity contribution is 8.00. The fourth-order valence-electron chi connectivity index (χ4n) is 2.26. The molecule has 3 N–H and O–H groups in total. The van der Waals surface area contributed by atoms with Crippen molar-refractivity contribution in [3.63, 3.8) is 0 Å². The average molecular weight is 388 g/mol. The molecule has 0 spiro atoms. The smallest absolute Gasteiger partial charge is 0.336 e. The van der Waals surface area contributed by atoms with E-state index in [2.05, 4.69) is 10.6 Å². The Morgan fingerprint density at radius 2 is 1.85 bits per heavy atom. The van der Waals surface area contributed by atoms with Gasteiger partial charge in [-0.2, -0.15) is 0 Å². The van der Waals surface area contributed by atoms with Crippen LogP contribution in [0.5, 0.6) is 5.75 Å². The number of thioether (sulfide) groups is 1. The number of carboxylic acid groups (broad SMARTS) is 1. The van der Waals surface area contributed by atoms with E-state index in [0.717, 1.165) is 17.3 Å². The molecule has 7 nitrogen and oxygen atoms in total. The zero-order valence-electron chi connectivity index (χ0n) is 14.9. The fraction of sp³-hybridized carbons (Fsp3) is 0.211. The van der Waals surface area contributed by atoms with Crippen LogP contribution in [0, 0.1) is 6.92 Å². The Morgan fingerprint density at radius 1 is 1.11 bits per heavy atom. The van der Waals surface area contributed by atoms with Gasteiger partial charge in [-0.15, -0.1) is 11.8 Å². The molecule has 2 rings (SSSR count). The third-order valence-corrected chi connectivity index (χ3v) is 4.62. The van der Waals surface area contributed by atoms with Gasteiger partial charge in [-0.25, -0.2) is 4.79 Å². The summed E-state index contributed by atoms with van der Waals surface area (Å²) in [5.41, 5.74) is 1.63. The minimum atomic E-state index is -1.05. The Kier molecular flexibility index (Phi) is 7.25. The van der Waals surface area contributed by atoms with Crippen molar-refractivity contribution < 1.29 is 24.2 Å². The maximum atomic E-state index is 12.0. The van der Waals surface area contributed by atoms with Gasteiger partial charge >= 0.3 is 5.97 Å². The Morgan fingerprint density at radius 3 is 2.56 bits per heavy atom. The van der Waals surface area contributed by atoms with Crippen molar-refractivity contribution in [2.45, 2.75) is 11.8 Å². The highest BCUT2D eigenvalue weighted by Gasteiger charge is 2.13. The van der Waals surface area contributed by atoms with Gasteiger partial charge in [0.05, 0.1) is 30.7 Å². The molecule has 0 atom stereocenters. The zero-order valence-corrected chi connectivity index (χ0v) is 15.8. The van der Waals surface area contributed by atoms with Gasteiger partial charge in [0.25, 0.3) is 0 Å². The van der Waals surface area contributed by atoms with Crippen LogP contribution < -0.4 is 15.4 Å². The van der Waals surface area contributed by atoms with Gasteiger partial charge in [-0.3, -0.25) is 9.59 Å². The molecule has 2 aromatic carbocycles. The molecule has 142 valence electrons. The number of rotatable bonds is 8. The molecule has 0 aliphatic rings. The van der Waals surface area contributed by atoms with Crippen LogP contribution in [0.4, 0.5) is 5.69 Å². The summed E-state index contributed by atoms with van der Waals surface area (Å²) in [5.74, 6) is -1.27. The van der Waals surface area contributed by atoms with Gasteiger partial charge in [0.2, 0.25) is 11.8 Å². The van der Waals surface area contributed by atoms with Crippen LogP contribution in [-0.2, 0) is 9.59 Å². The third kappa shape index (κ3) is 6.03. The minimum Gasteiger partial charge on any atom is -0.495 e. The maximum absolute atomic E-state index is 12.0. The standard InChI is InChI=1S/C19H20N2O5S/c1-12-7-8-15(26-2)14(9-12)21-17(22)10-20-18(23)11-27-16-6-4-3-5-13(16)19(24)25/h3-9H,10-11H2,1-2H3,(H,20,23)(H,21,22)(H,24,25). The predicted octanol–water partition coefficient (Wildman–Crippen LogP) is 2.55. The summed E-state index contributed by atoms with van der Waals surface area (Å²) in [6, 6.07) is 11.8. The Balaban J connectivity index is 1.85. The van der Waals surface area contributed by atoms with Crippen LogP contribution in [-0.4, -0.2) is 42.3 Å². The lowest BCUT2D eigenvalue weighted by Gasteiger charge is -2.11. The van der Waals surface area contributed by atoms with Crippen LogP contribution in [0.25, 0.3) is 0 Å². The zero-order chi connectivity index (χ0) is 19.8. The van der Waals surface area contributed by atoms with Crippen LogP contribution in [0.3, 0.4) is 0 Å². The molecule has 0 aliphatic heterocycles. The Hall–Kier alpha value is -3.00. The first-order valence-electron chi connectivity index (χ1n) is 8.07. The summed E-state index contributed by atoms with van der Waals surface area (Å²) in [6.45, 7) is 1.69. The lowest BCUT2D eigenvalue weighted by molar-refractivity contribution is -0.122. The van der Waals surface area contributed by atoms with E-state index < -0.39 is 5.97 Å². The lowest BCUT2D eigenvalue weighted by atomic mass is 10.2. The number of carboxylic acids is 1. The maximum Gasteiger partial charge on any atom is 0.336 e. The molecule has 0 radical (unpaired) electrons. The number of methoxy groups -OCH3 is 1. The molecule has 0 bridgehead atoms. The number of carbonyl (C=O) groups is 3. The first-order chi connectivity index (χ1) is 12.9. The fourth-order valence-corrected chi connectivity index (χ4v) is 3.13. The summed E-state index contributed by atoms with van der Waals surface area (Å²) < 4.78 is 5.19. The van der Waals surface area contributed by atoms with E-state index in [1.54, 1.807) is 30.3 Å². The minimum absolute atomic E-state index is 0.00530. The number of nitrogens with one attached hydrogen (secondary N) is 2. The second-order valence-electron chi connectivity index (χ2n) is 5.62. The van der Waals surface area contributed by atoms with Gasteiger partial charge in [-0.05, 0) is 36.8 Å². The average Bonchev–Trinajstić information content (AvgIpc) is 2.65. The van der Waals surface area contributed by atoms with E-state index in [1.165, 1.54) is 13.2 Å². The summed E-state index contributed by atoms with van der Waals surface area (Å²) in [5, 5.41) is 14.3. The molecule has 0 saturated carbocycles. The largest absolute Gasteiger partial charge is 0.495 e. The second kappa shape index (κ2) is 9.63. The molecule has 2 amide bonds. The first kappa shape index (κ1) is 20.3. The van der Waals surface area contributed by atoms with Crippen LogP contribution >= 0.6 is 11.8 Å². The van der Waals surface area contributed by atoms with E-state index in [0.29, 0.717) is 16.3 Å². The third-order valence-electron chi connectivity index (χ3n) is 3.55. The number of hydrogen-bond acceptors (Lipinski definition) is 5. The highest BCUT2D eigenvalue weighted by atomic mass is 32.2. The van der Waals surface area contributed by atoms with Crippen LogP contribution in [0.2, 0.25) is 0 Å². The summed E-state index contributed by atoms with van der Waals surface area (Å²) in [4.78, 5) is 35.6. The number of aryl methyl sites for hydroxylation is 1. The Bertz CT molecular complexity index is 854. The van der Waals surface area contributed by atoms with Crippen LogP contribution in [0.15, 0.2) is 47.4 Å². The van der Waals surface area contributed by atoms with Crippen molar-refractivity contribution in [1.29, 1.82) is 0 Å². The number of ether oxygens (including phenoxy) is 1. The molecule has 0 heterocycles.